The lowest BCUT2D eigenvalue weighted by molar-refractivity contribution is -0.129. The van der Waals surface area contributed by atoms with Crippen LogP contribution in [0.3, 0.4) is 0 Å². The number of amides is 1. The van der Waals surface area contributed by atoms with E-state index in [1.54, 1.807) is 60.7 Å². The van der Waals surface area contributed by atoms with E-state index in [4.69, 9.17) is 42.8 Å². The fourth-order valence-corrected chi connectivity index (χ4v) is 7.28. The zero-order valence-electron chi connectivity index (χ0n) is 25.6. The Balaban J connectivity index is 1.51. The van der Waals surface area contributed by atoms with Crippen molar-refractivity contribution in [2.45, 2.75) is 42.2 Å². The molecule has 0 aromatic heterocycles. The summed E-state index contributed by atoms with van der Waals surface area (Å²) in [5, 5.41) is 12.7. The summed E-state index contributed by atoms with van der Waals surface area (Å²) in [6.07, 6.45) is 0.680. The highest BCUT2D eigenvalue weighted by molar-refractivity contribution is 7.91. The summed E-state index contributed by atoms with van der Waals surface area (Å²) in [4.78, 5) is 19.4. The second-order valence-corrected chi connectivity index (χ2v) is 14.1. The molecule has 1 heterocycles. The molecule has 0 fully saturated rings. The lowest BCUT2D eigenvalue weighted by atomic mass is 9.85. The van der Waals surface area contributed by atoms with Gasteiger partial charge < -0.3 is 19.9 Å². The van der Waals surface area contributed by atoms with Crippen molar-refractivity contribution in [2.75, 3.05) is 25.5 Å². The molecule has 0 radical (unpaired) electrons. The third kappa shape index (κ3) is 8.53. The van der Waals surface area contributed by atoms with Crippen LogP contribution in [-0.4, -0.2) is 56.4 Å². The zero-order chi connectivity index (χ0) is 33.3. The van der Waals surface area contributed by atoms with Gasteiger partial charge in [-0.2, -0.15) is 0 Å². The minimum atomic E-state index is -3.80. The summed E-state index contributed by atoms with van der Waals surface area (Å²) in [5.74, 6) is -0.0776. The number of hydrogen-bond donors (Lipinski definition) is 2. The number of ether oxygens (including phenoxy) is 2. The molecule has 0 unspecified atom stereocenters. The van der Waals surface area contributed by atoms with Gasteiger partial charge in [0, 0.05) is 47.2 Å². The van der Waals surface area contributed by atoms with Crippen molar-refractivity contribution in [3.05, 3.63) is 130 Å². The number of nitrogens with zero attached hydrogens (tertiary/aromatic N) is 1. The van der Waals surface area contributed by atoms with Crippen LogP contribution < -0.4 is 10.1 Å². The quantitative estimate of drug-likeness (QED) is 0.135. The van der Waals surface area contributed by atoms with Crippen molar-refractivity contribution in [1.29, 1.82) is 0 Å². The maximum atomic E-state index is 14.4. The maximum absolute atomic E-state index is 14.4. The zero-order valence-corrected chi connectivity index (χ0v) is 28.0. The van der Waals surface area contributed by atoms with E-state index in [0.29, 0.717) is 47.9 Å². The molecule has 1 aliphatic heterocycles. The largest absolute Gasteiger partial charge is 0.494 e. The van der Waals surface area contributed by atoms with E-state index in [1.807, 2.05) is 30.3 Å². The number of sulfone groups is 1. The highest BCUT2D eigenvalue weighted by Gasteiger charge is 2.54. The first kappa shape index (κ1) is 34.4. The molecule has 1 amide bonds. The number of carbonyl (C=O) groups excluding carboxylic acids is 1. The maximum Gasteiger partial charge on any atom is 0.252 e. The van der Waals surface area contributed by atoms with Crippen molar-refractivity contribution < 1.29 is 27.8 Å². The molecule has 1 aliphatic rings. The summed E-state index contributed by atoms with van der Waals surface area (Å²) >= 11 is 12.9. The van der Waals surface area contributed by atoms with E-state index in [1.165, 1.54) is 12.1 Å². The van der Waals surface area contributed by atoms with Crippen LogP contribution in [0.4, 0.5) is 0 Å². The second kappa shape index (κ2) is 15.8. The molecule has 8 nitrogen and oxygen atoms in total. The smallest absolute Gasteiger partial charge is 0.252 e. The number of aliphatic hydroxyl groups is 1. The first-order valence-corrected chi connectivity index (χ1v) is 17.8. The molecule has 47 heavy (non-hydrogen) atoms. The van der Waals surface area contributed by atoms with Gasteiger partial charge in [-0.05, 0) is 66.9 Å². The van der Waals surface area contributed by atoms with Gasteiger partial charge >= 0.3 is 0 Å². The Bertz CT molecular complexity index is 1790. The van der Waals surface area contributed by atoms with Gasteiger partial charge in [-0.15, -0.1) is 0 Å². The lowest BCUT2D eigenvalue weighted by Crippen LogP contribution is -2.49. The number of nitrogens with one attached hydrogen (secondary N) is 1. The Kier molecular flexibility index (Phi) is 11.6. The van der Waals surface area contributed by atoms with Crippen molar-refractivity contribution >= 4 is 44.8 Å². The Hall–Kier alpha value is -3.89. The van der Waals surface area contributed by atoms with Crippen molar-refractivity contribution in [3.8, 4) is 5.75 Å². The standard InChI is InChI=1S/C36H36Cl2N2O6S/c37-28-16-19-31(32(38)25-28)33-36(20-24-47(43,44)30-12-5-2-6-13-30,35(42)39-21-7-11-26-9-3-1-4-10-26)40-34(46-33)27-14-17-29(18-15-27)45-23-8-22-41/h1-6,9-10,12-19,25,33,41H,7-8,11,20-24H2,(H,39,42)/t33-,36-/m1/s1. The molecular weight excluding hydrogens is 659 g/mol. The van der Waals surface area contributed by atoms with E-state index < -0.39 is 27.4 Å². The van der Waals surface area contributed by atoms with Crippen LogP contribution in [0.5, 0.6) is 5.75 Å². The molecule has 5 rings (SSSR count). The first-order valence-electron chi connectivity index (χ1n) is 15.4. The van der Waals surface area contributed by atoms with Gasteiger partial charge in [-0.1, -0.05) is 77.8 Å². The van der Waals surface area contributed by atoms with Crippen LogP contribution in [0.1, 0.15) is 42.1 Å². The van der Waals surface area contributed by atoms with Gasteiger partial charge in [0.05, 0.1) is 17.3 Å². The molecule has 4 aromatic carbocycles. The Morgan fingerprint density at radius 1 is 0.936 bits per heavy atom. The Morgan fingerprint density at radius 3 is 2.32 bits per heavy atom. The highest BCUT2D eigenvalue weighted by atomic mass is 35.5. The topological polar surface area (TPSA) is 114 Å². The SMILES string of the molecule is O=C(NCCCc1ccccc1)[C@]1(CCS(=O)(=O)c2ccccc2)N=C(c2ccc(OCCCO)cc2)O[C@@H]1c1ccc(Cl)cc1Cl. The van der Waals surface area contributed by atoms with Crippen molar-refractivity contribution in [1.82, 2.24) is 5.32 Å². The minimum absolute atomic E-state index is 0.0216. The van der Waals surface area contributed by atoms with Gasteiger partial charge in [0.1, 0.15) is 5.75 Å². The predicted octanol–water partition coefficient (Wildman–Crippen LogP) is 6.62. The molecule has 0 bridgehead atoms. The number of aryl methyl sites for hydroxylation is 1. The van der Waals surface area contributed by atoms with Crippen LogP contribution in [0.25, 0.3) is 0 Å². The third-order valence-electron chi connectivity index (χ3n) is 7.90. The van der Waals surface area contributed by atoms with Crippen molar-refractivity contribution in [2.24, 2.45) is 4.99 Å². The predicted molar refractivity (Wildman–Crippen MR) is 184 cm³/mol. The van der Waals surface area contributed by atoms with Gasteiger partial charge in [0.25, 0.3) is 5.91 Å². The third-order valence-corrected chi connectivity index (χ3v) is 10.2. The fraction of sp³-hybridized carbons (Fsp3) is 0.278. The molecule has 0 saturated carbocycles. The highest BCUT2D eigenvalue weighted by Crippen LogP contribution is 2.45. The van der Waals surface area contributed by atoms with Crippen LogP contribution in [0, 0.1) is 0 Å². The molecule has 2 N–H and O–H groups in total. The van der Waals surface area contributed by atoms with E-state index in [0.717, 1.165) is 12.0 Å². The molecule has 2 atom stereocenters. The van der Waals surface area contributed by atoms with Gasteiger partial charge in [-0.25, -0.2) is 13.4 Å². The molecule has 0 saturated heterocycles. The molecular formula is C36H36Cl2N2O6S. The average molecular weight is 696 g/mol. The fourth-order valence-electron chi connectivity index (χ4n) is 5.39. The molecule has 0 spiro atoms. The Labute approximate surface area is 285 Å². The summed E-state index contributed by atoms with van der Waals surface area (Å²) < 4.78 is 39.2. The average Bonchev–Trinajstić information content (AvgIpc) is 3.47. The van der Waals surface area contributed by atoms with Crippen LogP contribution in [-0.2, 0) is 25.8 Å². The van der Waals surface area contributed by atoms with E-state index in [9.17, 15) is 13.2 Å². The summed E-state index contributed by atoms with van der Waals surface area (Å²) in [6.45, 7) is 0.717. The second-order valence-electron chi connectivity index (χ2n) is 11.2. The normalized spacial score (nSPS) is 17.5. The summed E-state index contributed by atoms with van der Waals surface area (Å²) in [6, 6.07) is 29.9. The van der Waals surface area contributed by atoms with Gasteiger partial charge in [0.15, 0.2) is 21.5 Å². The Morgan fingerprint density at radius 2 is 1.64 bits per heavy atom. The molecule has 246 valence electrons. The number of hydrogen-bond acceptors (Lipinski definition) is 7. The number of benzene rings is 4. The number of rotatable bonds is 15. The molecule has 4 aromatic rings. The van der Waals surface area contributed by atoms with Crippen LogP contribution in [0.15, 0.2) is 113 Å². The number of aliphatic imine (C=N–C) groups is 1. The number of carbonyl (C=O) groups is 1. The van der Waals surface area contributed by atoms with Crippen LogP contribution in [0.2, 0.25) is 10.0 Å². The van der Waals surface area contributed by atoms with Gasteiger partial charge in [0.2, 0.25) is 5.90 Å². The van der Waals surface area contributed by atoms with E-state index in [-0.39, 0.29) is 34.6 Å². The first-order chi connectivity index (χ1) is 22.7. The van der Waals surface area contributed by atoms with E-state index >= 15 is 0 Å². The molecule has 11 heteroatoms. The molecule has 0 aliphatic carbocycles. The monoisotopic (exact) mass is 694 g/mol. The lowest BCUT2D eigenvalue weighted by Gasteiger charge is -2.31. The van der Waals surface area contributed by atoms with E-state index in [2.05, 4.69) is 5.32 Å². The summed E-state index contributed by atoms with van der Waals surface area (Å²) in [5.41, 5.74) is 0.483. The van der Waals surface area contributed by atoms with Gasteiger partial charge in [-0.3, -0.25) is 4.79 Å². The van der Waals surface area contributed by atoms with Crippen LogP contribution >= 0.6 is 23.2 Å². The minimum Gasteiger partial charge on any atom is -0.494 e. The summed E-state index contributed by atoms with van der Waals surface area (Å²) in [7, 11) is -3.80. The number of aliphatic hydroxyl groups excluding tert-OH is 1. The van der Waals surface area contributed by atoms with Crippen molar-refractivity contribution in [3.63, 3.8) is 0 Å². The number of halogens is 2.